The van der Waals surface area contributed by atoms with Crippen molar-refractivity contribution < 1.29 is 76.4 Å². The number of hydrogen-bond acceptors (Lipinski definition) is 21. The fourth-order valence-corrected chi connectivity index (χ4v) is 6.12. The van der Waals surface area contributed by atoms with Gasteiger partial charge in [0.1, 0.15) is 22.9 Å². The molecule has 7 N–H and O–H groups in total. The van der Waals surface area contributed by atoms with E-state index in [0.29, 0.717) is 53.9 Å². The third-order valence-electron chi connectivity index (χ3n) is 7.30. The number of nitrogens with zero attached hydrogens (tertiary/aromatic N) is 6. The molecule has 5 rings (SSSR count). The Morgan fingerprint density at radius 2 is 1.64 bits per heavy atom. The van der Waals surface area contributed by atoms with Crippen molar-refractivity contribution >= 4 is 74.0 Å². The highest BCUT2D eigenvalue weighted by molar-refractivity contribution is 7.94. The number of hydrogen-bond donors (Lipinski definition) is 7. The van der Waals surface area contributed by atoms with E-state index in [9.17, 15) is 38.2 Å². The Balaban J connectivity index is 1.47. The quantitative estimate of drug-likeness (QED) is 0.0114. The van der Waals surface area contributed by atoms with Crippen LogP contribution >= 0.6 is 24.4 Å². The number of carboxylic acids is 1. The number of aromatic carboxylic acids is 1. The third kappa shape index (κ3) is 9.81. The number of carbonyl (C=O) groups is 1. The van der Waals surface area contributed by atoms with E-state index in [4.69, 9.17) is 19.4 Å². The van der Waals surface area contributed by atoms with E-state index in [0.717, 1.165) is 28.9 Å². The Kier molecular flexibility index (Phi) is 13.5. The summed E-state index contributed by atoms with van der Waals surface area (Å²) in [6.45, 7) is 0.194. The number of phenols is 2. The van der Waals surface area contributed by atoms with Gasteiger partial charge in [-0.25, -0.2) is 20.0 Å². The van der Waals surface area contributed by atoms with Crippen molar-refractivity contribution in [1.82, 2.24) is 9.78 Å². The standard InChI is InChI=1S/C30H26N6O16S3/c1-47-23-14-21(22(37)11-16(23)3-2-10-48-54-52-50-43)32-33-25-24(53-51-49-42)12-15-4-5-17(13-20(15)28(25)38)31-34-26-27(30(40)41)36(35-29(26)39)18-6-8-19(9-7-18)55(44,45)46/h4-9,11-14,37-38,42-43H,2-3,10H2,1H3,(H,35,39)(H,40,41)(H,44,45,46). The Morgan fingerprint density at radius 1 is 0.909 bits per heavy atom. The van der Waals surface area contributed by atoms with Crippen LogP contribution in [-0.4, -0.2) is 73.4 Å². The van der Waals surface area contributed by atoms with Crippen molar-refractivity contribution in [2.45, 2.75) is 22.6 Å². The molecule has 0 aliphatic carbocycles. The van der Waals surface area contributed by atoms with E-state index >= 15 is 0 Å². The van der Waals surface area contributed by atoms with Crippen LogP contribution in [0.5, 0.6) is 23.1 Å². The van der Waals surface area contributed by atoms with Crippen molar-refractivity contribution in [2.24, 2.45) is 20.5 Å². The Bertz CT molecular complexity index is 2360. The van der Waals surface area contributed by atoms with Gasteiger partial charge in [0, 0.05) is 11.5 Å². The number of aromatic nitrogens is 2. The monoisotopic (exact) mass is 822 g/mol. The van der Waals surface area contributed by atoms with Gasteiger partial charge < -0.3 is 25.2 Å². The average Bonchev–Trinajstić information content (AvgIpc) is 3.50. The van der Waals surface area contributed by atoms with Crippen LogP contribution in [0.15, 0.2) is 90.9 Å². The summed E-state index contributed by atoms with van der Waals surface area (Å²) in [6.07, 6.45) is 0.854. The van der Waals surface area contributed by atoms with Gasteiger partial charge in [0.05, 0.1) is 46.9 Å². The number of benzene rings is 4. The van der Waals surface area contributed by atoms with Crippen molar-refractivity contribution in [3.05, 3.63) is 71.9 Å². The van der Waals surface area contributed by atoms with Gasteiger partial charge >= 0.3 is 5.97 Å². The molecule has 0 aliphatic heterocycles. The second-order valence-corrected chi connectivity index (χ2v) is 13.3. The number of ether oxygens (including phenoxy) is 1. The van der Waals surface area contributed by atoms with E-state index in [2.05, 4.69) is 44.3 Å². The molecular weight excluding hydrogens is 797 g/mol. The molecule has 0 saturated carbocycles. The van der Waals surface area contributed by atoms with Gasteiger partial charge in [-0.15, -0.1) is 29.1 Å². The molecule has 22 nitrogen and oxygen atoms in total. The Hall–Kier alpha value is -5.45. The maximum Gasteiger partial charge on any atom is 0.357 e. The Labute approximate surface area is 316 Å². The lowest BCUT2D eigenvalue weighted by Crippen LogP contribution is -2.08. The first-order valence-corrected chi connectivity index (χ1v) is 17.8. The summed E-state index contributed by atoms with van der Waals surface area (Å²) < 4.78 is 52.0. The highest BCUT2D eigenvalue weighted by Crippen LogP contribution is 2.46. The second-order valence-electron chi connectivity index (χ2n) is 10.6. The number of aromatic hydroxyl groups is 3. The van der Waals surface area contributed by atoms with Crippen molar-refractivity contribution in [1.29, 1.82) is 0 Å². The average molecular weight is 823 g/mol. The lowest BCUT2D eigenvalue weighted by Gasteiger charge is -2.11. The number of rotatable bonds is 18. The van der Waals surface area contributed by atoms with Crippen LogP contribution in [0.2, 0.25) is 0 Å². The Morgan fingerprint density at radius 3 is 2.31 bits per heavy atom. The maximum atomic E-state index is 12.2. The lowest BCUT2D eigenvalue weighted by molar-refractivity contribution is -0.434. The lowest BCUT2D eigenvalue weighted by atomic mass is 10.1. The minimum atomic E-state index is -4.54. The zero-order valence-electron chi connectivity index (χ0n) is 27.6. The molecule has 1 heterocycles. The number of fused-ring (bicyclic) bond motifs is 1. The van der Waals surface area contributed by atoms with E-state index in [-0.39, 0.29) is 45.4 Å². The second kappa shape index (κ2) is 18.3. The molecule has 4 aromatic carbocycles. The van der Waals surface area contributed by atoms with Crippen LogP contribution in [0.4, 0.5) is 22.7 Å². The minimum absolute atomic E-state index is 0.00797. The van der Waals surface area contributed by atoms with E-state index in [1.54, 1.807) is 0 Å². The fourth-order valence-electron chi connectivity index (χ4n) is 4.90. The first-order chi connectivity index (χ1) is 26.4. The molecule has 0 aliphatic rings. The molecular formula is C30H26N6O16S3. The van der Waals surface area contributed by atoms with Gasteiger partial charge in [-0.2, -0.15) is 13.5 Å². The highest BCUT2D eigenvalue weighted by Gasteiger charge is 2.25. The van der Waals surface area contributed by atoms with Gasteiger partial charge in [-0.1, -0.05) is 16.1 Å². The van der Waals surface area contributed by atoms with Crippen molar-refractivity contribution in [3.8, 4) is 28.8 Å². The van der Waals surface area contributed by atoms with E-state index < -0.39 is 44.0 Å². The van der Waals surface area contributed by atoms with Crippen LogP contribution in [0.3, 0.4) is 0 Å². The van der Waals surface area contributed by atoms with Crippen molar-refractivity contribution in [2.75, 3.05) is 13.7 Å². The molecule has 0 spiro atoms. The summed E-state index contributed by atoms with van der Waals surface area (Å²) in [5.41, 5.74) is -0.802. The zero-order valence-corrected chi connectivity index (χ0v) is 30.1. The predicted molar refractivity (Wildman–Crippen MR) is 188 cm³/mol. The van der Waals surface area contributed by atoms with Crippen LogP contribution in [0, 0.1) is 0 Å². The number of phenolic OH excluding ortho intramolecular Hbond substituents is 2. The number of carboxylic acid groups (broad SMARTS) is 1. The van der Waals surface area contributed by atoms with Gasteiger partial charge in [0.25, 0.3) is 16.0 Å². The smallest absolute Gasteiger partial charge is 0.357 e. The van der Waals surface area contributed by atoms with Crippen LogP contribution in [0.25, 0.3) is 16.5 Å². The molecule has 5 aromatic rings. The molecule has 55 heavy (non-hydrogen) atoms. The summed E-state index contributed by atoms with van der Waals surface area (Å²) in [5, 5.41) is 86.9. The molecule has 0 atom stereocenters. The van der Waals surface area contributed by atoms with Crippen molar-refractivity contribution in [3.63, 3.8) is 0 Å². The topological polar surface area (TPSA) is 315 Å². The minimum Gasteiger partial charge on any atom is -0.506 e. The summed E-state index contributed by atoms with van der Waals surface area (Å²) in [4.78, 5) is 11.8. The van der Waals surface area contributed by atoms with Gasteiger partial charge in [-0.05, 0) is 72.3 Å². The SMILES string of the molecule is COc1cc(N=Nc2c(SOOO)cc3ccc(N=Nc4c(O)nn(-c5ccc(S(=O)(=O)O)cc5)c4C(=O)O)cc3c2O)c(O)cc1CCCOSOOO. The normalized spacial score (nSPS) is 12.0. The van der Waals surface area contributed by atoms with Crippen LogP contribution in [-0.2, 0) is 39.5 Å². The largest absolute Gasteiger partial charge is 0.506 e. The number of aryl methyl sites for hydroxylation is 1. The summed E-state index contributed by atoms with van der Waals surface area (Å²) in [7, 11) is -3.13. The number of azo groups is 2. The first kappa shape index (κ1) is 40.7. The van der Waals surface area contributed by atoms with Gasteiger partial charge in [0.15, 0.2) is 29.5 Å². The van der Waals surface area contributed by atoms with Crippen LogP contribution < -0.4 is 4.74 Å². The summed E-state index contributed by atoms with van der Waals surface area (Å²) >= 11 is 0.895. The maximum absolute atomic E-state index is 12.2. The summed E-state index contributed by atoms with van der Waals surface area (Å²) in [6, 6.07) is 12.9. The molecule has 0 fully saturated rings. The fraction of sp³-hybridized carbons (Fsp3) is 0.133. The van der Waals surface area contributed by atoms with E-state index in [1.807, 2.05) is 0 Å². The molecule has 290 valence electrons. The van der Waals surface area contributed by atoms with Gasteiger partial charge in [-0.3, -0.25) is 8.74 Å². The molecule has 0 bridgehead atoms. The highest BCUT2D eigenvalue weighted by atomic mass is 32.2. The predicted octanol–water partition coefficient (Wildman–Crippen LogP) is 7.29. The van der Waals surface area contributed by atoms with Crippen LogP contribution in [0.1, 0.15) is 22.5 Å². The van der Waals surface area contributed by atoms with Gasteiger partial charge in [0.2, 0.25) is 0 Å². The number of methoxy groups -OCH3 is 1. The zero-order chi connectivity index (χ0) is 39.7. The molecule has 0 radical (unpaired) electrons. The molecule has 0 saturated heterocycles. The molecule has 0 amide bonds. The third-order valence-corrected chi connectivity index (χ3v) is 9.16. The molecule has 0 unspecified atom stereocenters. The first-order valence-electron chi connectivity index (χ1n) is 14.9. The summed E-state index contributed by atoms with van der Waals surface area (Å²) in [5.74, 6) is -2.83. The molecule has 1 aromatic heterocycles. The molecule has 25 heteroatoms. The van der Waals surface area contributed by atoms with E-state index in [1.165, 1.54) is 43.5 Å².